The van der Waals surface area contributed by atoms with E-state index in [2.05, 4.69) is 4.74 Å². The van der Waals surface area contributed by atoms with E-state index < -0.39 is 0 Å². The number of hydrogen-bond acceptors (Lipinski definition) is 4. The maximum absolute atomic E-state index is 12.2. The van der Waals surface area contributed by atoms with E-state index in [1.165, 1.54) is 7.11 Å². The molecule has 0 spiro atoms. The van der Waals surface area contributed by atoms with Gasteiger partial charge in [0.1, 0.15) is 5.75 Å². The average molecular weight is 292 g/mol. The molecule has 4 heteroatoms. The van der Waals surface area contributed by atoms with Crippen molar-refractivity contribution in [1.29, 1.82) is 0 Å². The lowest BCUT2D eigenvalue weighted by atomic mass is 9.96. The molecule has 4 nitrogen and oxygen atoms in total. The molecule has 0 radical (unpaired) electrons. The molecule has 0 aliphatic carbocycles. The third-order valence-electron chi connectivity index (χ3n) is 3.41. The van der Waals surface area contributed by atoms with Gasteiger partial charge in [-0.05, 0) is 57.4 Å². The largest absolute Gasteiger partial charge is 0.491 e. The number of rotatable bonds is 7. The Balaban J connectivity index is 2.77. The van der Waals surface area contributed by atoms with Gasteiger partial charge in [-0.15, -0.1) is 0 Å². The molecule has 0 aromatic heterocycles. The van der Waals surface area contributed by atoms with Crippen molar-refractivity contribution in [2.24, 2.45) is 0 Å². The summed E-state index contributed by atoms with van der Waals surface area (Å²) in [6.45, 7) is 7.83. The SMILES string of the molecule is COC(=O)CCCC(=O)c1ccc(OC(C)C)c(C)c1C. The zero-order valence-corrected chi connectivity index (χ0v) is 13.5. The Morgan fingerprint density at radius 3 is 2.33 bits per heavy atom. The van der Waals surface area contributed by atoms with Crippen LogP contribution in [-0.2, 0) is 9.53 Å². The van der Waals surface area contributed by atoms with Crippen molar-refractivity contribution in [3.05, 3.63) is 28.8 Å². The molecule has 0 unspecified atom stereocenters. The van der Waals surface area contributed by atoms with Gasteiger partial charge >= 0.3 is 5.97 Å². The van der Waals surface area contributed by atoms with Crippen molar-refractivity contribution in [1.82, 2.24) is 0 Å². The number of benzene rings is 1. The molecular formula is C17H24O4. The third kappa shape index (κ3) is 4.88. The van der Waals surface area contributed by atoms with Gasteiger partial charge in [-0.3, -0.25) is 9.59 Å². The highest BCUT2D eigenvalue weighted by Gasteiger charge is 2.14. The van der Waals surface area contributed by atoms with E-state index in [4.69, 9.17) is 4.74 Å². The smallest absolute Gasteiger partial charge is 0.305 e. The number of ether oxygens (including phenoxy) is 2. The predicted molar refractivity (Wildman–Crippen MR) is 81.9 cm³/mol. The van der Waals surface area contributed by atoms with E-state index in [0.29, 0.717) is 18.4 Å². The Hall–Kier alpha value is -1.84. The maximum Gasteiger partial charge on any atom is 0.305 e. The fourth-order valence-electron chi connectivity index (χ4n) is 2.11. The van der Waals surface area contributed by atoms with Crippen molar-refractivity contribution < 1.29 is 19.1 Å². The Morgan fingerprint density at radius 1 is 1.10 bits per heavy atom. The summed E-state index contributed by atoms with van der Waals surface area (Å²) < 4.78 is 10.3. The van der Waals surface area contributed by atoms with Gasteiger partial charge in [0.15, 0.2) is 5.78 Å². The van der Waals surface area contributed by atoms with Gasteiger partial charge in [0, 0.05) is 18.4 Å². The van der Waals surface area contributed by atoms with Crippen LogP contribution in [0.15, 0.2) is 12.1 Å². The van der Waals surface area contributed by atoms with Crippen molar-refractivity contribution in [3.8, 4) is 5.75 Å². The van der Waals surface area contributed by atoms with Crippen molar-refractivity contribution in [2.75, 3.05) is 7.11 Å². The van der Waals surface area contributed by atoms with E-state index in [9.17, 15) is 9.59 Å². The summed E-state index contributed by atoms with van der Waals surface area (Å²) in [6, 6.07) is 3.65. The second kappa shape index (κ2) is 7.81. The molecule has 0 aliphatic heterocycles. The van der Waals surface area contributed by atoms with Gasteiger partial charge in [0.05, 0.1) is 13.2 Å². The van der Waals surface area contributed by atoms with Gasteiger partial charge in [-0.2, -0.15) is 0 Å². The van der Waals surface area contributed by atoms with Crippen molar-refractivity contribution in [3.63, 3.8) is 0 Å². The van der Waals surface area contributed by atoms with E-state index in [1.807, 2.05) is 33.8 Å². The van der Waals surface area contributed by atoms with Gasteiger partial charge in [-0.1, -0.05) is 0 Å². The quantitative estimate of drug-likeness (QED) is 0.569. The molecule has 0 fully saturated rings. The fraction of sp³-hybridized carbons (Fsp3) is 0.529. The fourth-order valence-corrected chi connectivity index (χ4v) is 2.11. The summed E-state index contributed by atoms with van der Waals surface area (Å²) in [5, 5.41) is 0. The molecule has 1 rings (SSSR count). The minimum Gasteiger partial charge on any atom is -0.491 e. The first-order valence-electron chi connectivity index (χ1n) is 7.23. The normalized spacial score (nSPS) is 10.6. The van der Waals surface area contributed by atoms with Crippen LogP contribution >= 0.6 is 0 Å². The molecule has 0 N–H and O–H groups in total. The summed E-state index contributed by atoms with van der Waals surface area (Å²) in [5.41, 5.74) is 2.63. The molecule has 1 aromatic carbocycles. The van der Waals surface area contributed by atoms with E-state index >= 15 is 0 Å². The summed E-state index contributed by atoms with van der Waals surface area (Å²) in [4.78, 5) is 23.3. The molecule has 0 heterocycles. The zero-order chi connectivity index (χ0) is 16.0. The first-order chi connectivity index (χ1) is 9.86. The first-order valence-corrected chi connectivity index (χ1v) is 7.23. The third-order valence-corrected chi connectivity index (χ3v) is 3.41. The van der Waals surface area contributed by atoms with E-state index in [0.717, 1.165) is 16.9 Å². The van der Waals surface area contributed by atoms with Crippen LogP contribution in [0.5, 0.6) is 5.75 Å². The number of hydrogen-bond donors (Lipinski definition) is 0. The number of carbonyl (C=O) groups excluding carboxylic acids is 2. The second-order valence-corrected chi connectivity index (χ2v) is 5.38. The number of Topliss-reactive ketones (excluding diaryl/α,β-unsaturated/α-hetero) is 1. The molecule has 0 saturated heterocycles. The van der Waals surface area contributed by atoms with Crippen LogP contribution < -0.4 is 4.74 Å². The highest BCUT2D eigenvalue weighted by atomic mass is 16.5. The molecular weight excluding hydrogens is 268 g/mol. The van der Waals surface area contributed by atoms with Gasteiger partial charge in [-0.25, -0.2) is 0 Å². The highest BCUT2D eigenvalue weighted by molar-refractivity contribution is 5.98. The molecule has 0 bridgehead atoms. The number of carbonyl (C=O) groups is 2. The average Bonchev–Trinajstić information content (AvgIpc) is 2.43. The Morgan fingerprint density at radius 2 is 1.76 bits per heavy atom. The summed E-state index contributed by atoms with van der Waals surface area (Å²) in [6.07, 6.45) is 1.23. The molecule has 0 aliphatic rings. The van der Waals surface area contributed by atoms with Crippen LogP contribution in [-0.4, -0.2) is 25.0 Å². The maximum atomic E-state index is 12.2. The van der Waals surface area contributed by atoms with Gasteiger partial charge in [0.2, 0.25) is 0 Å². The van der Waals surface area contributed by atoms with Crippen LogP contribution in [0.1, 0.15) is 54.6 Å². The molecule has 0 atom stereocenters. The van der Waals surface area contributed by atoms with Crippen LogP contribution in [0, 0.1) is 13.8 Å². The lowest BCUT2D eigenvalue weighted by Crippen LogP contribution is -2.10. The van der Waals surface area contributed by atoms with Crippen LogP contribution in [0.3, 0.4) is 0 Å². The first kappa shape index (κ1) is 17.2. The van der Waals surface area contributed by atoms with Crippen LogP contribution in [0.2, 0.25) is 0 Å². The lowest BCUT2D eigenvalue weighted by molar-refractivity contribution is -0.140. The topological polar surface area (TPSA) is 52.6 Å². The van der Waals surface area contributed by atoms with Gasteiger partial charge in [0.25, 0.3) is 0 Å². The van der Waals surface area contributed by atoms with E-state index in [1.54, 1.807) is 6.07 Å². The summed E-state index contributed by atoms with van der Waals surface area (Å²) in [5.74, 6) is 0.584. The predicted octanol–water partition coefficient (Wildman–Crippen LogP) is 3.62. The minimum absolute atomic E-state index is 0.0515. The second-order valence-electron chi connectivity index (χ2n) is 5.38. The number of ketones is 1. The van der Waals surface area contributed by atoms with Crippen LogP contribution in [0.25, 0.3) is 0 Å². The molecule has 116 valence electrons. The standard InChI is InChI=1S/C17H24O4/c1-11(2)21-16-10-9-14(12(3)13(16)4)15(18)7-6-8-17(19)20-5/h9-11H,6-8H2,1-5H3. The minimum atomic E-state index is -0.281. The lowest BCUT2D eigenvalue weighted by Gasteiger charge is -2.16. The van der Waals surface area contributed by atoms with E-state index in [-0.39, 0.29) is 24.3 Å². The summed E-state index contributed by atoms with van der Waals surface area (Å²) >= 11 is 0. The Bertz CT molecular complexity index is 518. The zero-order valence-electron chi connectivity index (χ0n) is 13.5. The number of esters is 1. The highest BCUT2D eigenvalue weighted by Crippen LogP contribution is 2.26. The monoisotopic (exact) mass is 292 g/mol. The Kier molecular flexibility index (Phi) is 6.40. The van der Waals surface area contributed by atoms with Crippen LogP contribution in [0.4, 0.5) is 0 Å². The van der Waals surface area contributed by atoms with Crippen molar-refractivity contribution in [2.45, 2.75) is 53.1 Å². The number of methoxy groups -OCH3 is 1. The molecule has 21 heavy (non-hydrogen) atoms. The van der Waals surface area contributed by atoms with Gasteiger partial charge < -0.3 is 9.47 Å². The summed E-state index contributed by atoms with van der Waals surface area (Å²) in [7, 11) is 1.35. The molecule has 0 amide bonds. The molecule has 0 saturated carbocycles. The van der Waals surface area contributed by atoms with Crippen molar-refractivity contribution >= 4 is 11.8 Å². The Labute approximate surface area is 126 Å². The molecule has 1 aromatic rings.